The minimum Gasteiger partial charge on any atom is -1.00 e. The molecule has 0 unspecified atom stereocenters. The van der Waals surface area contributed by atoms with Crippen LogP contribution in [0.5, 0.6) is 0 Å². The molecule has 0 amide bonds. The van der Waals surface area contributed by atoms with E-state index in [1.165, 1.54) is 0 Å². The molecule has 0 aromatic heterocycles. The van der Waals surface area contributed by atoms with Crippen molar-refractivity contribution in [2.24, 2.45) is 0 Å². The van der Waals surface area contributed by atoms with Crippen molar-refractivity contribution in [1.29, 1.82) is 0 Å². The largest absolute Gasteiger partial charge is 1.00 e. The molecule has 0 aliphatic carbocycles. The van der Waals surface area contributed by atoms with Gasteiger partial charge in [0.05, 0.1) is 0 Å². The maximum Gasteiger partial charge on any atom is 1.00 e. The Morgan fingerprint density at radius 3 is 0.833 bits per heavy atom. The Morgan fingerprint density at radius 1 is 0.833 bits per heavy atom. The predicted molar refractivity (Wildman–Crippen MR) is 27.6 cm³/mol. The fourth-order valence-corrected chi connectivity index (χ4v) is 0. The van der Waals surface area contributed by atoms with Crippen LogP contribution in [0.25, 0.3) is 0 Å². The third-order valence-corrected chi connectivity index (χ3v) is 0. The molecule has 0 aliphatic rings. The zero-order valence-electron chi connectivity index (χ0n) is 4.00. The van der Waals surface area contributed by atoms with Gasteiger partial charge in [0.15, 0.2) is 17.4 Å². The molecule has 0 bridgehead atoms. The summed E-state index contributed by atoms with van der Waals surface area (Å²) in [4.78, 5) is 0. The van der Waals surface area contributed by atoms with Gasteiger partial charge < -0.3 is 23.3 Å². The maximum absolute atomic E-state index is 0. The third-order valence-electron chi connectivity index (χ3n) is 0. The smallest absolute Gasteiger partial charge is 1.00 e. The molecule has 0 saturated carbocycles. The van der Waals surface area contributed by atoms with Crippen molar-refractivity contribution < 1.29 is 43.6 Å². The summed E-state index contributed by atoms with van der Waals surface area (Å²) in [7, 11) is 0. The van der Waals surface area contributed by atoms with Crippen LogP contribution in [0.1, 0.15) is 2.85 Å². The molecule has 0 aromatic rings. The number of hydrogen-bond donors (Lipinski definition) is 0. The van der Waals surface area contributed by atoms with Crippen molar-refractivity contribution >= 4 is 17.4 Å². The van der Waals surface area contributed by atoms with Crippen LogP contribution in [0.15, 0.2) is 0 Å². The quantitative estimate of drug-likeness (QED) is 0.276. The standard InChI is InChI=1S/Al.Li.4H2O.H2.4H/h;;4*1H2;1H;;;;/q;+1;;;;;;;;;-1. The van der Waals surface area contributed by atoms with Gasteiger partial charge >= 0.3 is 18.9 Å². The molecular formula is H14AlLiO4. The Kier molecular flexibility index (Phi) is 6900. The van der Waals surface area contributed by atoms with Gasteiger partial charge in [0.2, 0.25) is 0 Å². The summed E-state index contributed by atoms with van der Waals surface area (Å²) in [6.07, 6.45) is 0. The van der Waals surface area contributed by atoms with Gasteiger partial charge in [-0.05, 0) is 0 Å². The molecule has 0 fully saturated rings. The first-order valence-corrected chi connectivity index (χ1v) is 0. The van der Waals surface area contributed by atoms with Gasteiger partial charge in [0.1, 0.15) is 0 Å². The molecule has 0 atom stereocenters. The average molecular weight is 112 g/mol. The summed E-state index contributed by atoms with van der Waals surface area (Å²) in [6, 6.07) is 0. The van der Waals surface area contributed by atoms with Gasteiger partial charge in [-0.25, -0.2) is 0 Å². The van der Waals surface area contributed by atoms with Crippen molar-refractivity contribution in [1.82, 2.24) is 0 Å². The second-order valence-electron chi connectivity index (χ2n) is 0. The van der Waals surface area contributed by atoms with E-state index in [2.05, 4.69) is 0 Å². The summed E-state index contributed by atoms with van der Waals surface area (Å²) in [5.74, 6) is 0. The van der Waals surface area contributed by atoms with Crippen molar-refractivity contribution in [3.8, 4) is 0 Å². The molecule has 0 radical (unpaired) electrons. The molecule has 0 spiro atoms. The molecule has 0 aromatic carbocycles. The fraction of sp³-hybridized carbons (Fsp3) is 0. The third kappa shape index (κ3) is 83.3. The van der Waals surface area contributed by atoms with Gasteiger partial charge in [-0.15, -0.1) is 0 Å². The van der Waals surface area contributed by atoms with Gasteiger partial charge in [-0.1, -0.05) is 0 Å². The summed E-state index contributed by atoms with van der Waals surface area (Å²) >= 11 is 0. The molecule has 4 nitrogen and oxygen atoms in total. The second-order valence-corrected chi connectivity index (χ2v) is 0. The van der Waals surface area contributed by atoms with E-state index in [-0.39, 0.29) is 61.0 Å². The van der Waals surface area contributed by atoms with Crippen molar-refractivity contribution in [3.05, 3.63) is 0 Å². The maximum atomic E-state index is 0. The molecular weight excluding hydrogens is 97.9 g/mol. The SMILES string of the molecule is O.O.O.O.[AlH3].[H-].[HH].[Li+]. The van der Waals surface area contributed by atoms with E-state index in [1.807, 2.05) is 0 Å². The van der Waals surface area contributed by atoms with E-state index in [0.717, 1.165) is 0 Å². The minimum atomic E-state index is 0. The topological polar surface area (TPSA) is 126 Å². The van der Waals surface area contributed by atoms with Gasteiger partial charge in [-0.2, -0.15) is 0 Å². The zero-order chi connectivity index (χ0) is 0. The molecule has 6 heavy (non-hydrogen) atoms. The Hall–Kier alpha value is 0.970. The van der Waals surface area contributed by atoms with E-state index in [1.54, 1.807) is 0 Å². The van der Waals surface area contributed by atoms with Crippen LogP contribution >= 0.6 is 0 Å². The van der Waals surface area contributed by atoms with E-state index >= 15 is 0 Å². The summed E-state index contributed by atoms with van der Waals surface area (Å²) in [5, 5.41) is 0. The Morgan fingerprint density at radius 2 is 0.833 bits per heavy atom. The molecule has 0 saturated heterocycles. The molecule has 42 valence electrons. The van der Waals surface area contributed by atoms with Crippen molar-refractivity contribution in [3.63, 3.8) is 0 Å². The van der Waals surface area contributed by atoms with Gasteiger partial charge in [-0.3, -0.25) is 0 Å². The molecule has 0 aliphatic heterocycles. The Labute approximate surface area is 61.4 Å². The average Bonchev–Trinajstić information content (AvgIpc) is 0. The molecule has 6 heteroatoms. The van der Waals surface area contributed by atoms with Gasteiger partial charge in [0.25, 0.3) is 0 Å². The second kappa shape index (κ2) is 157. The van der Waals surface area contributed by atoms with Gasteiger partial charge in [0, 0.05) is 1.43 Å². The monoisotopic (exact) mass is 112 g/mol. The van der Waals surface area contributed by atoms with E-state index in [4.69, 9.17) is 0 Å². The summed E-state index contributed by atoms with van der Waals surface area (Å²) < 4.78 is 0. The molecule has 0 rings (SSSR count). The van der Waals surface area contributed by atoms with E-state index in [9.17, 15) is 0 Å². The zero-order valence-corrected chi connectivity index (χ0v) is 3.00. The number of rotatable bonds is 0. The Bertz CT molecular complexity index is 14.0. The van der Waals surface area contributed by atoms with Crippen LogP contribution in [0.3, 0.4) is 0 Å². The minimum absolute atomic E-state index is 0. The van der Waals surface area contributed by atoms with Crippen LogP contribution in [-0.2, 0) is 0 Å². The number of hydrogen-bond acceptors (Lipinski definition) is 0. The molecule has 8 N–H and O–H groups in total. The van der Waals surface area contributed by atoms with E-state index in [0.29, 0.717) is 0 Å². The van der Waals surface area contributed by atoms with Crippen LogP contribution in [-0.4, -0.2) is 39.3 Å². The van der Waals surface area contributed by atoms with E-state index < -0.39 is 0 Å². The normalized spacial score (nSPS) is 0. The predicted octanol–water partition coefficient (Wildman–Crippen LogP) is -7.12. The van der Waals surface area contributed by atoms with Crippen molar-refractivity contribution in [2.45, 2.75) is 0 Å². The molecule has 0 heterocycles. The first-order valence-electron chi connectivity index (χ1n) is 0. The van der Waals surface area contributed by atoms with Crippen LogP contribution < -0.4 is 18.9 Å². The van der Waals surface area contributed by atoms with Crippen LogP contribution in [0.2, 0.25) is 0 Å². The summed E-state index contributed by atoms with van der Waals surface area (Å²) in [5.41, 5.74) is 0. The first-order chi connectivity index (χ1) is 0. The van der Waals surface area contributed by atoms with Crippen LogP contribution in [0, 0.1) is 0 Å². The van der Waals surface area contributed by atoms with Crippen LogP contribution in [0.4, 0.5) is 0 Å². The summed E-state index contributed by atoms with van der Waals surface area (Å²) in [6.45, 7) is 0. The fourth-order valence-electron chi connectivity index (χ4n) is 0. The Balaban J connectivity index is 0. The first kappa shape index (κ1) is 264. The van der Waals surface area contributed by atoms with Crippen molar-refractivity contribution in [2.75, 3.05) is 0 Å².